The highest BCUT2D eigenvalue weighted by atomic mass is 16.4. The first-order valence-corrected chi connectivity index (χ1v) is 6.43. The highest BCUT2D eigenvalue weighted by Gasteiger charge is 2.10. The third kappa shape index (κ3) is 2.18. The van der Waals surface area contributed by atoms with Crippen molar-refractivity contribution in [3.8, 4) is 11.3 Å². The summed E-state index contributed by atoms with van der Waals surface area (Å²) in [6, 6.07) is 8.16. The Morgan fingerprint density at radius 1 is 1.30 bits per heavy atom. The number of carbonyl (C=O) groups is 1. The molecule has 0 saturated heterocycles. The standard InChI is InChI=1S/C15H15N3O2/c1-17-8-12(11-4-2-3-5-14(11)17)13-9-18(10-16-13)7-6-15(19)20/h2-5,8-10H,6-7H2,1H3,(H,19,20). The van der Waals surface area contributed by atoms with Gasteiger partial charge in [-0.3, -0.25) is 4.79 Å². The molecule has 1 N–H and O–H groups in total. The van der Waals surface area contributed by atoms with Crippen molar-refractivity contribution in [3.05, 3.63) is 43.0 Å². The molecule has 0 spiro atoms. The molecule has 0 atom stereocenters. The fraction of sp³-hybridized carbons (Fsp3) is 0.200. The molecule has 5 heteroatoms. The van der Waals surface area contributed by atoms with Gasteiger partial charge in [-0.1, -0.05) is 18.2 Å². The topological polar surface area (TPSA) is 60.0 Å². The van der Waals surface area contributed by atoms with Gasteiger partial charge in [0.1, 0.15) is 0 Å². The summed E-state index contributed by atoms with van der Waals surface area (Å²) in [5.41, 5.74) is 3.09. The van der Waals surface area contributed by atoms with Crippen molar-refractivity contribution in [2.75, 3.05) is 0 Å². The number of carboxylic acid groups (broad SMARTS) is 1. The molecule has 0 bridgehead atoms. The van der Waals surface area contributed by atoms with E-state index in [4.69, 9.17) is 5.11 Å². The molecule has 0 fully saturated rings. The minimum Gasteiger partial charge on any atom is -0.481 e. The second kappa shape index (κ2) is 4.85. The van der Waals surface area contributed by atoms with Gasteiger partial charge in [0, 0.05) is 42.5 Å². The molecular weight excluding hydrogens is 254 g/mol. The first kappa shape index (κ1) is 12.5. The van der Waals surface area contributed by atoms with E-state index in [2.05, 4.69) is 27.9 Å². The Balaban J connectivity index is 1.97. The summed E-state index contributed by atoms with van der Waals surface area (Å²) >= 11 is 0. The van der Waals surface area contributed by atoms with Crippen LogP contribution in [0.15, 0.2) is 43.0 Å². The number of hydrogen-bond donors (Lipinski definition) is 1. The van der Waals surface area contributed by atoms with Crippen molar-refractivity contribution in [2.45, 2.75) is 13.0 Å². The number of nitrogens with zero attached hydrogens (tertiary/aromatic N) is 3. The van der Waals surface area contributed by atoms with Crippen molar-refractivity contribution < 1.29 is 9.90 Å². The van der Waals surface area contributed by atoms with Crippen molar-refractivity contribution in [1.29, 1.82) is 0 Å². The van der Waals surface area contributed by atoms with Gasteiger partial charge in [0.05, 0.1) is 18.4 Å². The van der Waals surface area contributed by atoms with E-state index in [-0.39, 0.29) is 6.42 Å². The van der Waals surface area contributed by atoms with Crippen molar-refractivity contribution in [2.24, 2.45) is 7.05 Å². The Bertz CT molecular complexity index is 770. The molecule has 0 aliphatic rings. The molecule has 1 aromatic carbocycles. The quantitative estimate of drug-likeness (QED) is 0.791. The summed E-state index contributed by atoms with van der Waals surface area (Å²) in [5.74, 6) is -0.801. The summed E-state index contributed by atoms with van der Waals surface area (Å²) in [6.07, 6.45) is 5.73. The summed E-state index contributed by atoms with van der Waals surface area (Å²) in [6.45, 7) is 0.438. The van der Waals surface area contributed by atoms with Crippen LogP contribution in [-0.4, -0.2) is 25.2 Å². The number of aryl methyl sites for hydroxylation is 2. The lowest BCUT2D eigenvalue weighted by Crippen LogP contribution is -2.02. The zero-order chi connectivity index (χ0) is 14.1. The number of benzene rings is 1. The Hall–Kier alpha value is -2.56. The molecule has 2 aromatic heterocycles. The average molecular weight is 269 g/mol. The second-order valence-electron chi connectivity index (χ2n) is 4.81. The van der Waals surface area contributed by atoms with Crippen LogP contribution in [-0.2, 0) is 18.4 Å². The number of fused-ring (bicyclic) bond motifs is 1. The monoisotopic (exact) mass is 269 g/mol. The van der Waals surface area contributed by atoms with Gasteiger partial charge in [0.2, 0.25) is 0 Å². The van der Waals surface area contributed by atoms with Crippen LogP contribution in [0.1, 0.15) is 6.42 Å². The molecule has 2 heterocycles. The molecule has 3 rings (SSSR count). The first-order chi connectivity index (χ1) is 9.65. The minimum absolute atomic E-state index is 0.103. The van der Waals surface area contributed by atoms with Crippen LogP contribution in [0, 0.1) is 0 Å². The lowest BCUT2D eigenvalue weighted by atomic mass is 10.1. The fourth-order valence-corrected chi connectivity index (χ4v) is 2.39. The lowest BCUT2D eigenvalue weighted by Gasteiger charge is -1.97. The van der Waals surface area contributed by atoms with Crippen LogP contribution in [0.4, 0.5) is 0 Å². The summed E-state index contributed by atoms with van der Waals surface area (Å²) in [7, 11) is 2.01. The normalized spacial score (nSPS) is 11.1. The SMILES string of the molecule is Cn1cc(-c2cn(CCC(=O)O)cn2)c2ccccc21. The molecule has 0 unspecified atom stereocenters. The van der Waals surface area contributed by atoms with E-state index in [1.165, 1.54) is 0 Å². The maximum absolute atomic E-state index is 10.6. The molecular formula is C15H15N3O2. The van der Waals surface area contributed by atoms with Gasteiger partial charge in [-0.2, -0.15) is 0 Å². The van der Waals surface area contributed by atoms with Gasteiger partial charge in [-0.05, 0) is 6.07 Å². The molecule has 102 valence electrons. The lowest BCUT2D eigenvalue weighted by molar-refractivity contribution is -0.137. The zero-order valence-electron chi connectivity index (χ0n) is 11.2. The van der Waals surface area contributed by atoms with E-state index >= 15 is 0 Å². The maximum Gasteiger partial charge on any atom is 0.305 e. The van der Waals surface area contributed by atoms with E-state index < -0.39 is 5.97 Å². The number of aliphatic carboxylic acids is 1. The van der Waals surface area contributed by atoms with E-state index in [1.54, 1.807) is 6.33 Å². The molecule has 0 aliphatic carbocycles. The molecule has 0 aliphatic heterocycles. The van der Waals surface area contributed by atoms with Crippen molar-refractivity contribution >= 4 is 16.9 Å². The highest BCUT2D eigenvalue weighted by Crippen LogP contribution is 2.28. The number of imidazole rings is 1. The Labute approximate surface area is 116 Å². The third-order valence-electron chi connectivity index (χ3n) is 3.39. The van der Waals surface area contributed by atoms with Crippen LogP contribution in [0.5, 0.6) is 0 Å². The van der Waals surface area contributed by atoms with Gasteiger partial charge in [-0.25, -0.2) is 4.98 Å². The molecule has 5 nitrogen and oxygen atoms in total. The zero-order valence-corrected chi connectivity index (χ0v) is 11.2. The summed E-state index contributed by atoms with van der Waals surface area (Å²) in [4.78, 5) is 15.0. The molecule has 20 heavy (non-hydrogen) atoms. The summed E-state index contributed by atoms with van der Waals surface area (Å²) < 4.78 is 3.88. The van der Waals surface area contributed by atoms with Gasteiger partial charge in [0.15, 0.2) is 0 Å². The molecule has 3 aromatic rings. The number of aromatic nitrogens is 3. The van der Waals surface area contributed by atoms with Gasteiger partial charge < -0.3 is 14.2 Å². The van der Waals surface area contributed by atoms with Crippen LogP contribution < -0.4 is 0 Å². The largest absolute Gasteiger partial charge is 0.481 e. The number of para-hydroxylation sites is 1. The fourth-order valence-electron chi connectivity index (χ4n) is 2.39. The van der Waals surface area contributed by atoms with Gasteiger partial charge in [0.25, 0.3) is 0 Å². The van der Waals surface area contributed by atoms with Crippen molar-refractivity contribution in [3.63, 3.8) is 0 Å². The molecule has 0 radical (unpaired) electrons. The number of hydrogen-bond acceptors (Lipinski definition) is 2. The van der Waals surface area contributed by atoms with Crippen LogP contribution >= 0.6 is 0 Å². The van der Waals surface area contributed by atoms with Crippen LogP contribution in [0.2, 0.25) is 0 Å². The van der Waals surface area contributed by atoms with Crippen LogP contribution in [0.3, 0.4) is 0 Å². The number of carboxylic acids is 1. The van der Waals surface area contributed by atoms with Gasteiger partial charge in [-0.15, -0.1) is 0 Å². The summed E-state index contributed by atoms with van der Waals surface area (Å²) in [5, 5.41) is 9.86. The predicted molar refractivity (Wildman–Crippen MR) is 76.4 cm³/mol. The molecule has 0 saturated carbocycles. The maximum atomic E-state index is 10.6. The minimum atomic E-state index is -0.801. The molecule has 0 amide bonds. The smallest absolute Gasteiger partial charge is 0.305 e. The van der Waals surface area contributed by atoms with E-state index in [9.17, 15) is 4.79 Å². The second-order valence-corrected chi connectivity index (χ2v) is 4.81. The van der Waals surface area contributed by atoms with E-state index in [0.717, 1.165) is 22.2 Å². The van der Waals surface area contributed by atoms with Gasteiger partial charge >= 0.3 is 5.97 Å². The average Bonchev–Trinajstić information content (AvgIpc) is 3.02. The first-order valence-electron chi connectivity index (χ1n) is 6.43. The Kier molecular flexibility index (Phi) is 3.02. The third-order valence-corrected chi connectivity index (χ3v) is 3.39. The Morgan fingerprint density at radius 2 is 2.10 bits per heavy atom. The number of rotatable bonds is 4. The highest BCUT2D eigenvalue weighted by molar-refractivity contribution is 5.94. The van der Waals surface area contributed by atoms with E-state index in [0.29, 0.717) is 6.54 Å². The predicted octanol–water partition coefficient (Wildman–Crippen LogP) is 2.52. The van der Waals surface area contributed by atoms with Crippen LogP contribution in [0.25, 0.3) is 22.2 Å². The Morgan fingerprint density at radius 3 is 2.90 bits per heavy atom. The van der Waals surface area contributed by atoms with Crippen molar-refractivity contribution in [1.82, 2.24) is 14.1 Å². The van der Waals surface area contributed by atoms with E-state index in [1.807, 2.05) is 29.9 Å².